The molecule has 1 fully saturated rings. The molecule has 3 rings (SSSR count). The zero-order valence-corrected chi connectivity index (χ0v) is 10.5. The minimum Gasteiger partial charge on any atom is -0.464 e. The number of carbonyl (C=O) groups is 1. The van der Waals surface area contributed by atoms with Gasteiger partial charge in [-0.25, -0.2) is 14.6 Å². The van der Waals surface area contributed by atoms with Crippen molar-refractivity contribution in [2.75, 3.05) is 6.61 Å². The summed E-state index contributed by atoms with van der Waals surface area (Å²) in [6.07, 6.45) is 1.90. The maximum absolute atomic E-state index is 12.2. The smallest absolute Gasteiger partial charge is 0.332 e. The van der Waals surface area contributed by atoms with E-state index in [0.717, 1.165) is 4.57 Å². The Kier molecular flexibility index (Phi) is 2.34. The molecule has 3 heterocycles. The Bertz CT molecular complexity index is 797. The largest absolute Gasteiger partial charge is 0.464 e. The average molecular weight is 264 g/mol. The second kappa shape index (κ2) is 3.81. The molecule has 8 nitrogen and oxygen atoms in total. The monoisotopic (exact) mass is 264 g/mol. The molecule has 1 aliphatic heterocycles. The van der Waals surface area contributed by atoms with E-state index in [1.165, 1.54) is 29.6 Å². The predicted octanol–water partition coefficient (Wildman–Crippen LogP) is -1.08. The standard InChI is InChI=1S/C11H12N4O4/c1-13-8-7(9(16)14(2)11(13)18)15(5-12-8)6-3-4-19-10(6)17/h5-6H,3-4H2,1-2H3/t6-/m0/s1. The van der Waals surface area contributed by atoms with Gasteiger partial charge >= 0.3 is 11.7 Å². The van der Waals surface area contributed by atoms with Gasteiger partial charge in [0.25, 0.3) is 5.56 Å². The molecule has 1 atom stereocenters. The summed E-state index contributed by atoms with van der Waals surface area (Å²) in [5.41, 5.74) is -0.395. The van der Waals surface area contributed by atoms with Gasteiger partial charge in [0.05, 0.1) is 12.9 Å². The fourth-order valence-corrected chi connectivity index (χ4v) is 2.34. The molecular formula is C11H12N4O4. The fraction of sp³-hybridized carbons (Fsp3) is 0.455. The quantitative estimate of drug-likeness (QED) is 0.611. The minimum atomic E-state index is -0.546. The Hall–Kier alpha value is -2.38. The van der Waals surface area contributed by atoms with Crippen LogP contribution in [0.1, 0.15) is 12.5 Å². The summed E-state index contributed by atoms with van der Waals surface area (Å²) < 4.78 is 8.68. The van der Waals surface area contributed by atoms with E-state index >= 15 is 0 Å². The van der Waals surface area contributed by atoms with Crippen molar-refractivity contribution in [3.8, 4) is 0 Å². The molecule has 19 heavy (non-hydrogen) atoms. The van der Waals surface area contributed by atoms with Gasteiger partial charge in [0.2, 0.25) is 0 Å². The van der Waals surface area contributed by atoms with E-state index < -0.39 is 17.3 Å². The van der Waals surface area contributed by atoms with Crippen LogP contribution in [0.2, 0.25) is 0 Å². The Morgan fingerprint density at radius 2 is 2.00 bits per heavy atom. The summed E-state index contributed by atoms with van der Waals surface area (Å²) in [6.45, 7) is 0.329. The van der Waals surface area contributed by atoms with Crippen LogP contribution in [0, 0.1) is 0 Å². The Labute approximate surface area is 106 Å². The third kappa shape index (κ3) is 1.46. The second-order valence-corrected chi connectivity index (χ2v) is 4.50. The number of nitrogens with zero attached hydrogens (tertiary/aromatic N) is 4. The van der Waals surface area contributed by atoms with Gasteiger partial charge in [-0.15, -0.1) is 0 Å². The molecular weight excluding hydrogens is 252 g/mol. The molecule has 2 aromatic rings. The van der Waals surface area contributed by atoms with Crippen LogP contribution in [0.4, 0.5) is 0 Å². The van der Waals surface area contributed by atoms with Gasteiger partial charge < -0.3 is 9.30 Å². The molecule has 1 saturated heterocycles. The summed E-state index contributed by atoms with van der Waals surface area (Å²) in [4.78, 5) is 39.6. The van der Waals surface area contributed by atoms with E-state index in [-0.39, 0.29) is 17.1 Å². The van der Waals surface area contributed by atoms with Crippen molar-refractivity contribution < 1.29 is 9.53 Å². The van der Waals surface area contributed by atoms with Crippen molar-refractivity contribution in [1.29, 1.82) is 0 Å². The van der Waals surface area contributed by atoms with Gasteiger partial charge in [-0.3, -0.25) is 13.9 Å². The number of ether oxygens (including phenoxy) is 1. The summed E-state index contributed by atoms with van der Waals surface area (Å²) >= 11 is 0. The topological polar surface area (TPSA) is 88.1 Å². The molecule has 2 aromatic heterocycles. The van der Waals surface area contributed by atoms with E-state index in [1.807, 2.05) is 0 Å². The molecule has 100 valence electrons. The zero-order chi connectivity index (χ0) is 13.7. The van der Waals surface area contributed by atoms with Crippen LogP contribution in [0.3, 0.4) is 0 Å². The number of fused-ring (bicyclic) bond motifs is 1. The third-order valence-electron chi connectivity index (χ3n) is 3.42. The number of carbonyl (C=O) groups excluding carboxylic acids is 1. The van der Waals surface area contributed by atoms with E-state index in [1.54, 1.807) is 0 Å². The van der Waals surface area contributed by atoms with Crippen molar-refractivity contribution >= 4 is 17.1 Å². The van der Waals surface area contributed by atoms with Gasteiger partial charge in [-0.05, 0) is 0 Å². The Balaban J connectivity index is 2.38. The van der Waals surface area contributed by atoms with Crippen molar-refractivity contribution in [2.24, 2.45) is 14.1 Å². The molecule has 8 heteroatoms. The lowest BCUT2D eigenvalue weighted by Gasteiger charge is -2.09. The number of aromatic nitrogens is 4. The molecule has 0 N–H and O–H groups in total. The van der Waals surface area contributed by atoms with Gasteiger partial charge in [0.1, 0.15) is 6.04 Å². The maximum Gasteiger partial charge on any atom is 0.332 e. The molecule has 0 spiro atoms. The number of cyclic esters (lactones) is 1. The predicted molar refractivity (Wildman–Crippen MR) is 64.8 cm³/mol. The van der Waals surface area contributed by atoms with Gasteiger partial charge in [-0.2, -0.15) is 0 Å². The summed E-state index contributed by atoms with van der Waals surface area (Å²) in [5.74, 6) is -0.379. The van der Waals surface area contributed by atoms with Crippen LogP contribution in [-0.4, -0.2) is 31.3 Å². The lowest BCUT2D eigenvalue weighted by atomic mass is 10.2. The molecule has 0 amide bonds. The second-order valence-electron chi connectivity index (χ2n) is 4.50. The first-order valence-corrected chi connectivity index (χ1v) is 5.81. The maximum atomic E-state index is 12.2. The lowest BCUT2D eigenvalue weighted by Crippen LogP contribution is -2.38. The molecule has 1 aliphatic rings. The fourth-order valence-electron chi connectivity index (χ4n) is 2.34. The minimum absolute atomic E-state index is 0.244. The van der Waals surface area contributed by atoms with Crippen LogP contribution in [0.15, 0.2) is 15.9 Å². The third-order valence-corrected chi connectivity index (χ3v) is 3.42. The highest BCUT2D eigenvalue weighted by Crippen LogP contribution is 2.22. The van der Waals surface area contributed by atoms with Gasteiger partial charge in [0.15, 0.2) is 11.2 Å². The summed E-state index contributed by atoms with van der Waals surface area (Å²) in [6, 6.07) is -0.546. The molecule has 0 aromatic carbocycles. The SMILES string of the molecule is Cn1c(=O)c2c(ncn2[C@H]2CCOC2=O)n(C)c1=O. The first kappa shape index (κ1) is 11.7. The van der Waals surface area contributed by atoms with Crippen molar-refractivity contribution in [1.82, 2.24) is 18.7 Å². The van der Waals surface area contributed by atoms with E-state index in [0.29, 0.717) is 13.0 Å². The van der Waals surface area contributed by atoms with Crippen LogP contribution in [0.25, 0.3) is 11.2 Å². The number of hydrogen-bond acceptors (Lipinski definition) is 5. The number of aryl methyl sites for hydroxylation is 1. The van der Waals surface area contributed by atoms with Gasteiger partial charge in [0, 0.05) is 20.5 Å². The number of hydrogen-bond donors (Lipinski definition) is 0. The van der Waals surface area contributed by atoms with E-state index in [2.05, 4.69) is 4.98 Å². The zero-order valence-electron chi connectivity index (χ0n) is 10.5. The number of rotatable bonds is 1. The van der Waals surface area contributed by atoms with Crippen molar-refractivity contribution in [3.05, 3.63) is 27.2 Å². The van der Waals surface area contributed by atoms with Crippen LogP contribution < -0.4 is 11.2 Å². The molecule has 0 saturated carbocycles. The van der Waals surface area contributed by atoms with E-state index in [4.69, 9.17) is 4.74 Å². The average Bonchev–Trinajstić information content (AvgIpc) is 2.99. The highest BCUT2D eigenvalue weighted by atomic mass is 16.5. The first-order valence-electron chi connectivity index (χ1n) is 5.81. The van der Waals surface area contributed by atoms with Crippen molar-refractivity contribution in [2.45, 2.75) is 12.5 Å². The molecule has 0 unspecified atom stereocenters. The molecule has 0 aliphatic carbocycles. The van der Waals surface area contributed by atoms with Gasteiger partial charge in [-0.1, -0.05) is 0 Å². The van der Waals surface area contributed by atoms with Crippen molar-refractivity contribution in [3.63, 3.8) is 0 Å². The lowest BCUT2D eigenvalue weighted by molar-refractivity contribution is -0.140. The van der Waals surface area contributed by atoms with Crippen LogP contribution in [0.5, 0.6) is 0 Å². The Morgan fingerprint density at radius 1 is 1.26 bits per heavy atom. The summed E-state index contributed by atoms with van der Waals surface area (Å²) in [5, 5.41) is 0. The summed E-state index contributed by atoms with van der Waals surface area (Å²) in [7, 11) is 2.93. The molecule has 0 radical (unpaired) electrons. The molecule has 0 bridgehead atoms. The normalized spacial score (nSPS) is 19.1. The highest BCUT2D eigenvalue weighted by molar-refractivity contribution is 5.79. The number of imidazole rings is 1. The number of esters is 1. The van der Waals surface area contributed by atoms with Crippen LogP contribution >= 0.6 is 0 Å². The Morgan fingerprint density at radius 3 is 2.63 bits per heavy atom. The van der Waals surface area contributed by atoms with E-state index in [9.17, 15) is 14.4 Å². The van der Waals surface area contributed by atoms with Crippen LogP contribution in [-0.2, 0) is 23.6 Å². The first-order chi connectivity index (χ1) is 9.02. The highest BCUT2D eigenvalue weighted by Gasteiger charge is 2.30.